The largest absolute Gasteiger partial charge is 0.490 e. The van der Waals surface area contributed by atoms with Crippen LogP contribution in [0.2, 0.25) is 0 Å². The summed E-state index contributed by atoms with van der Waals surface area (Å²) in [5, 5.41) is 3.39. The van der Waals surface area contributed by atoms with Crippen LogP contribution in [0.5, 0.6) is 11.5 Å². The Hall–Kier alpha value is -0.780. The van der Waals surface area contributed by atoms with Crippen LogP contribution in [0.15, 0.2) is 10.5 Å². The van der Waals surface area contributed by atoms with Crippen molar-refractivity contribution in [1.29, 1.82) is 0 Å². The van der Waals surface area contributed by atoms with E-state index in [2.05, 4.69) is 28.2 Å². The molecule has 20 heavy (non-hydrogen) atoms. The first-order valence-corrected chi connectivity index (χ1v) is 8.03. The molecule has 1 fully saturated rings. The SMILES string of the molecule is CCc1c2c(cc(Br)c1C1CNCCO1)OCCCO2. The summed E-state index contributed by atoms with van der Waals surface area (Å²) in [4.78, 5) is 0. The van der Waals surface area contributed by atoms with Crippen molar-refractivity contribution in [2.75, 3.05) is 32.9 Å². The quantitative estimate of drug-likeness (QED) is 0.897. The minimum absolute atomic E-state index is 0.0743. The van der Waals surface area contributed by atoms with Crippen molar-refractivity contribution >= 4 is 15.9 Å². The number of rotatable bonds is 2. The van der Waals surface area contributed by atoms with Gasteiger partial charge in [0.1, 0.15) is 0 Å². The molecule has 0 aromatic heterocycles. The molecule has 2 aliphatic rings. The van der Waals surface area contributed by atoms with Gasteiger partial charge in [-0.05, 0) is 12.5 Å². The lowest BCUT2D eigenvalue weighted by Crippen LogP contribution is -2.34. The minimum Gasteiger partial charge on any atom is -0.490 e. The maximum absolute atomic E-state index is 5.94. The van der Waals surface area contributed by atoms with Crippen molar-refractivity contribution in [3.63, 3.8) is 0 Å². The molecule has 4 nitrogen and oxygen atoms in total. The smallest absolute Gasteiger partial charge is 0.164 e. The fraction of sp³-hybridized carbons (Fsp3) is 0.600. The standard InChI is InChI=1S/C15H20BrNO3/c1-2-10-14(13-9-17-4-7-19-13)11(16)8-12-15(10)20-6-3-5-18-12/h8,13,17H,2-7,9H2,1H3. The molecule has 2 aliphatic heterocycles. The molecule has 1 aromatic rings. The van der Waals surface area contributed by atoms with E-state index < -0.39 is 0 Å². The van der Waals surface area contributed by atoms with Gasteiger partial charge in [0, 0.05) is 35.1 Å². The number of hydrogen-bond donors (Lipinski definition) is 1. The Labute approximate surface area is 127 Å². The van der Waals surface area contributed by atoms with Gasteiger partial charge in [0.05, 0.1) is 25.9 Å². The van der Waals surface area contributed by atoms with Crippen molar-refractivity contribution in [3.8, 4) is 11.5 Å². The summed E-state index contributed by atoms with van der Waals surface area (Å²) in [6.07, 6.45) is 1.90. The molecule has 1 N–H and O–H groups in total. The first-order chi connectivity index (χ1) is 9.81. The second-order valence-electron chi connectivity index (χ2n) is 5.05. The number of hydrogen-bond acceptors (Lipinski definition) is 4. The third-order valence-electron chi connectivity index (χ3n) is 3.73. The molecule has 110 valence electrons. The molecular formula is C15H20BrNO3. The Balaban J connectivity index is 2.06. The summed E-state index contributed by atoms with van der Waals surface area (Å²) >= 11 is 3.68. The highest BCUT2D eigenvalue weighted by atomic mass is 79.9. The first-order valence-electron chi connectivity index (χ1n) is 7.24. The van der Waals surface area contributed by atoms with E-state index in [9.17, 15) is 0 Å². The molecule has 0 aliphatic carbocycles. The zero-order chi connectivity index (χ0) is 13.9. The normalized spacial score (nSPS) is 22.4. The molecule has 0 saturated carbocycles. The first kappa shape index (κ1) is 14.2. The topological polar surface area (TPSA) is 39.7 Å². The highest BCUT2D eigenvalue weighted by Gasteiger charge is 2.26. The fourth-order valence-corrected chi connectivity index (χ4v) is 3.51. The van der Waals surface area contributed by atoms with Crippen molar-refractivity contribution in [2.45, 2.75) is 25.9 Å². The summed E-state index contributed by atoms with van der Waals surface area (Å²) in [5.74, 6) is 1.75. The molecular weight excluding hydrogens is 322 g/mol. The van der Waals surface area contributed by atoms with Crippen LogP contribution in [0.3, 0.4) is 0 Å². The predicted octanol–water partition coefficient (Wildman–Crippen LogP) is 2.83. The molecule has 1 saturated heterocycles. The molecule has 5 heteroatoms. The fourth-order valence-electron chi connectivity index (χ4n) is 2.80. The molecule has 2 heterocycles. The van der Waals surface area contributed by atoms with Gasteiger partial charge >= 0.3 is 0 Å². The minimum atomic E-state index is 0.0743. The van der Waals surface area contributed by atoms with E-state index in [1.807, 2.05) is 6.07 Å². The summed E-state index contributed by atoms with van der Waals surface area (Å²) in [6.45, 7) is 6.07. The van der Waals surface area contributed by atoms with E-state index in [0.717, 1.165) is 48.5 Å². The molecule has 3 rings (SSSR count). The number of ether oxygens (including phenoxy) is 3. The third-order valence-corrected chi connectivity index (χ3v) is 4.39. The van der Waals surface area contributed by atoms with Gasteiger partial charge in [0.2, 0.25) is 0 Å². The molecule has 1 atom stereocenters. The van der Waals surface area contributed by atoms with E-state index in [4.69, 9.17) is 14.2 Å². The highest BCUT2D eigenvalue weighted by Crippen LogP contribution is 2.43. The zero-order valence-corrected chi connectivity index (χ0v) is 13.3. The predicted molar refractivity (Wildman–Crippen MR) is 80.7 cm³/mol. The van der Waals surface area contributed by atoms with Gasteiger partial charge in [-0.3, -0.25) is 0 Å². The third kappa shape index (κ3) is 2.67. The van der Waals surface area contributed by atoms with Crippen LogP contribution < -0.4 is 14.8 Å². The van der Waals surface area contributed by atoms with Crippen LogP contribution in [0.1, 0.15) is 30.6 Å². The molecule has 0 radical (unpaired) electrons. The second-order valence-corrected chi connectivity index (χ2v) is 5.90. The molecule has 1 unspecified atom stereocenters. The highest BCUT2D eigenvalue weighted by molar-refractivity contribution is 9.10. The molecule has 1 aromatic carbocycles. The maximum atomic E-state index is 5.94. The van der Waals surface area contributed by atoms with Crippen molar-refractivity contribution in [1.82, 2.24) is 5.32 Å². The number of halogens is 1. The van der Waals surface area contributed by atoms with Crippen molar-refractivity contribution in [2.24, 2.45) is 0 Å². The lowest BCUT2D eigenvalue weighted by molar-refractivity contribution is 0.0265. The summed E-state index contributed by atoms with van der Waals surface area (Å²) in [5.41, 5.74) is 2.40. The van der Waals surface area contributed by atoms with Crippen molar-refractivity contribution in [3.05, 3.63) is 21.7 Å². The monoisotopic (exact) mass is 341 g/mol. The zero-order valence-electron chi connectivity index (χ0n) is 11.7. The molecule has 0 bridgehead atoms. The maximum Gasteiger partial charge on any atom is 0.164 e. The summed E-state index contributed by atoms with van der Waals surface area (Å²) in [7, 11) is 0. The lowest BCUT2D eigenvalue weighted by atomic mass is 9.98. The second kappa shape index (κ2) is 6.33. The lowest BCUT2D eigenvalue weighted by Gasteiger charge is -2.28. The van der Waals surface area contributed by atoms with E-state index in [0.29, 0.717) is 13.2 Å². The average molecular weight is 342 g/mol. The average Bonchev–Trinajstić information content (AvgIpc) is 2.71. The van der Waals surface area contributed by atoms with Crippen LogP contribution >= 0.6 is 15.9 Å². The summed E-state index contributed by atoms with van der Waals surface area (Å²) in [6, 6.07) is 2.02. The Morgan fingerprint density at radius 2 is 2.15 bits per heavy atom. The van der Waals surface area contributed by atoms with E-state index >= 15 is 0 Å². The van der Waals surface area contributed by atoms with Gasteiger partial charge in [0.15, 0.2) is 11.5 Å². The van der Waals surface area contributed by atoms with Crippen LogP contribution in [0.25, 0.3) is 0 Å². The number of nitrogens with one attached hydrogen (secondary N) is 1. The number of morpholine rings is 1. The van der Waals surface area contributed by atoms with Crippen molar-refractivity contribution < 1.29 is 14.2 Å². The van der Waals surface area contributed by atoms with Crippen LogP contribution in [-0.4, -0.2) is 32.9 Å². The number of benzene rings is 1. The van der Waals surface area contributed by atoms with E-state index in [1.54, 1.807) is 0 Å². The number of fused-ring (bicyclic) bond motifs is 1. The van der Waals surface area contributed by atoms with Crippen LogP contribution in [0, 0.1) is 0 Å². The molecule has 0 spiro atoms. The Kier molecular flexibility index (Phi) is 4.48. The Bertz CT molecular complexity index is 486. The Morgan fingerprint density at radius 3 is 2.90 bits per heavy atom. The van der Waals surface area contributed by atoms with Gasteiger partial charge in [0.25, 0.3) is 0 Å². The molecule has 0 amide bonds. The van der Waals surface area contributed by atoms with Gasteiger partial charge in [-0.1, -0.05) is 22.9 Å². The van der Waals surface area contributed by atoms with Gasteiger partial charge in [-0.25, -0.2) is 0 Å². The van der Waals surface area contributed by atoms with E-state index in [1.165, 1.54) is 11.1 Å². The van der Waals surface area contributed by atoms with E-state index in [-0.39, 0.29) is 6.10 Å². The van der Waals surface area contributed by atoms with Gasteiger partial charge < -0.3 is 19.5 Å². The Morgan fingerprint density at radius 1 is 1.30 bits per heavy atom. The van der Waals surface area contributed by atoms with Gasteiger partial charge in [-0.15, -0.1) is 0 Å². The van der Waals surface area contributed by atoms with Crippen LogP contribution in [0.4, 0.5) is 0 Å². The van der Waals surface area contributed by atoms with Gasteiger partial charge in [-0.2, -0.15) is 0 Å². The summed E-state index contributed by atoms with van der Waals surface area (Å²) < 4.78 is 18.7. The van der Waals surface area contributed by atoms with Crippen LogP contribution in [-0.2, 0) is 11.2 Å².